The topological polar surface area (TPSA) is 116 Å². The summed E-state index contributed by atoms with van der Waals surface area (Å²) in [6.07, 6.45) is 0.148. The lowest BCUT2D eigenvalue weighted by Gasteiger charge is -2.18. The fourth-order valence-corrected chi connectivity index (χ4v) is 2.11. The van der Waals surface area contributed by atoms with Crippen molar-refractivity contribution >= 4 is 23.7 Å². The quantitative estimate of drug-likeness (QED) is 0.546. The van der Waals surface area contributed by atoms with Gasteiger partial charge in [-0.15, -0.1) is 0 Å². The molecule has 0 spiro atoms. The zero-order valence-electron chi connectivity index (χ0n) is 12.2. The Hall–Kier alpha value is -2.12. The Balaban J connectivity index is 2.35. The zero-order valence-corrected chi connectivity index (χ0v) is 12.2. The van der Waals surface area contributed by atoms with E-state index in [1.54, 1.807) is 4.90 Å². The van der Waals surface area contributed by atoms with E-state index in [9.17, 15) is 19.2 Å². The Labute approximate surface area is 122 Å². The molecule has 1 unspecified atom stereocenters. The van der Waals surface area contributed by atoms with E-state index in [1.165, 1.54) is 0 Å². The van der Waals surface area contributed by atoms with Gasteiger partial charge >= 0.3 is 5.97 Å². The second kappa shape index (κ2) is 7.61. The first-order chi connectivity index (χ1) is 9.79. The normalized spacial score (nSPS) is 18.0. The van der Waals surface area contributed by atoms with Crippen LogP contribution in [0.4, 0.5) is 0 Å². The van der Waals surface area contributed by atoms with Gasteiger partial charge in [0.15, 0.2) is 0 Å². The molecule has 8 nitrogen and oxygen atoms in total. The first-order valence-electron chi connectivity index (χ1n) is 6.83. The summed E-state index contributed by atoms with van der Waals surface area (Å²) in [7, 11) is 0. The number of carboxylic acid groups (broad SMARTS) is 1. The molecule has 1 aliphatic rings. The van der Waals surface area contributed by atoms with Gasteiger partial charge in [-0.2, -0.15) is 0 Å². The molecule has 0 aromatic carbocycles. The standard InChI is InChI=1S/C13H21N3O5/c1-8(2)6-16-7-9(3-11(16)18)13(21)15-4-10(17)14-5-12(19)20/h8-9H,3-7H2,1-2H3,(H,14,17)(H,15,21)(H,19,20). The number of rotatable bonds is 7. The number of likely N-dealkylation sites (tertiary alicyclic amines) is 1. The molecule has 0 saturated carbocycles. The van der Waals surface area contributed by atoms with Gasteiger partial charge in [-0.3, -0.25) is 19.2 Å². The summed E-state index contributed by atoms with van der Waals surface area (Å²) in [5.74, 6) is -2.27. The SMILES string of the molecule is CC(C)CN1CC(C(=O)NCC(=O)NCC(=O)O)CC1=O. The Morgan fingerprint density at radius 3 is 2.52 bits per heavy atom. The Morgan fingerprint density at radius 1 is 1.29 bits per heavy atom. The molecule has 0 aliphatic carbocycles. The molecule has 0 aromatic rings. The number of nitrogens with zero attached hydrogens (tertiary/aromatic N) is 1. The third-order valence-corrected chi connectivity index (χ3v) is 3.03. The molecule has 0 aromatic heterocycles. The predicted molar refractivity (Wildman–Crippen MR) is 73.2 cm³/mol. The van der Waals surface area contributed by atoms with Crippen molar-refractivity contribution in [2.45, 2.75) is 20.3 Å². The lowest BCUT2D eigenvalue weighted by atomic mass is 10.1. The third-order valence-electron chi connectivity index (χ3n) is 3.03. The molecule has 0 radical (unpaired) electrons. The van der Waals surface area contributed by atoms with E-state index in [1.807, 2.05) is 13.8 Å². The van der Waals surface area contributed by atoms with Gasteiger partial charge in [0.2, 0.25) is 17.7 Å². The number of hydrogen-bond donors (Lipinski definition) is 3. The summed E-state index contributed by atoms with van der Waals surface area (Å²) in [5, 5.41) is 13.0. The Bertz CT molecular complexity index is 436. The molecule has 3 N–H and O–H groups in total. The van der Waals surface area contributed by atoms with E-state index in [2.05, 4.69) is 10.6 Å². The maximum Gasteiger partial charge on any atom is 0.322 e. The lowest BCUT2D eigenvalue weighted by molar-refractivity contribution is -0.137. The second-order valence-electron chi connectivity index (χ2n) is 5.48. The summed E-state index contributed by atoms with van der Waals surface area (Å²) >= 11 is 0. The number of amides is 3. The van der Waals surface area contributed by atoms with Gasteiger partial charge in [0.05, 0.1) is 12.5 Å². The van der Waals surface area contributed by atoms with Gasteiger partial charge in [0.1, 0.15) is 6.54 Å². The van der Waals surface area contributed by atoms with Crippen LogP contribution in [0.25, 0.3) is 0 Å². The molecule has 21 heavy (non-hydrogen) atoms. The number of nitrogens with one attached hydrogen (secondary N) is 2. The highest BCUT2D eigenvalue weighted by Crippen LogP contribution is 2.18. The molecule has 3 amide bonds. The number of carbonyl (C=O) groups is 4. The number of hydrogen-bond acceptors (Lipinski definition) is 4. The van der Waals surface area contributed by atoms with Crippen LogP contribution >= 0.6 is 0 Å². The highest BCUT2D eigenvalue weighted by molar-refractivity contribution is 5.91. The first-order valence-corrected chi connectivity index (χ1v) is 6.83. The molecule has 1 saturated heterocycles. The van der Waals surface area contributed by atoms with E-state index in [-0.39, 0.29) is 24.8 Å². The van der Waals surface area contributed by atoms with Crippen molar-refractivity contribution < 1.29 is 24.3 Å². The van der Waals surface area contributed by atoms with Crippen molar-refractivity contribution in [3.63, 3.8) is 0 Å². The largest absolute Gasteiger partial charge is 0.480 e. The predicted octanol–water partition coefficient (Wildman–Crippen LogP) is -1.19. The van der Waals surface area contributed by atoms with Crippen molar-refractivity contribution in [2.75, 3.05) is 26.2 Å². The number of carbonyl (C=O) groups excluding carboxylic acids is 3. The smallest absolute Gasteiger partial charge is 0.322 e. The maximum atomic E-state index is 11.9. The Morgan fingerprint density at radius 2 is 1.95 bits per heavy atom. The average Bonchev–Trinajstić information content (AvgIpc) is 2.74. The van der Waals surface area contributed by atoms with Crippen LogP contribution in [0.15, 0.2) is 0 Å². The van der Waals surface area contributed by atoms with E-state index in [4.69, 9.17) is 5.11 Å². The van der Waals surface area contributed by atoms with Crippen LogP contribution in [0, 0.1) is 11.8 Å². The van der Waals surface area contributed by atoms with Crippen LogP contribution < -0.4 is 10.6 Å². The minimum atomic E-state index is -1.15. The average molecular weight is 299 g/mol. The molecule has 0 bridgehead atoms. The molecule has 1 aliphatic heterocycles. The van der Waals surface area contributed by atoms with E-state index < -0.39 is 24.3 Å². The molecule has 1 fully saturated rings. The van der Waals surface area contributed by atoms with Crippen molar-refractivity contribution in [3.8, 4) is 0 Å². The summed E-state index contributed by atoms with van der Waals surface area (Å²) in [6.45, 7) is 4.18. The van der Waals surface area contributed by atoms with Crippen LogP contribution in [0.3, 0.4) is 0 Å². The summed E-state index contributed by atoms with van der Waals surface area (Å²) in [4.78, 5) is 46.8. The molecular formula is C13H21N3O5. The van der Waals surface area contributed by atoms with Gasteiger partial charge in [-0.05, 0) is 5.92 Å². The highest BCUT2D eigenvalue weighted by atomic mass is 16.4. The van der Waals surface area contributed by atoms with Gasteiger partial charge in [-0.25, -0.2) is 0 Å². The lowest BCUT2D eigenvalue weighted by Crippen LogP contribution is -2.41. The van der Waals surface area contributed by atoms with E-state index in [0.717, 1.165) is 0 Å². The molecular weight excluding hydrogens is 278 g/mol. The molecule has 1 rings (SSSR count). The Kier molecular flexibility index (Phi) is 6.13. The minimum absolute atomic E-state index is 0.0563. The molecule has 8 heteroatoms. The molecule has 1 atom stereocenters. The van der Waals surface area contributed by atoms with E-state index in [0.29, 0.717) is 19.0 Å². The maximum absolute atomic E-state index is 11.9. The van der Waals surface area contributed by atoms with Crippen LogP contribution in [0.2, 0.25) is 0 Å². The zero-order chi connectivity index (χ0) is 16.0. The fourth-order valence-electron chi connectivity index (χ4n) is 2.11. The van der Waals surface area contributed by atoms with Crippen LogP contribution in [-0.2, 0) is 19.2 Å². The monoisotopic (exact) mass is 299 g/mol. The third kappa shape index (κ3) is 5.80. The summed E-state index contributed by atoms with van der Waals surface area (Å²) < 4.78 is 0. The highest BCUT2D eigenvalue weighted by Gasteiger charge is 2.34. The van der Waals surface area contributed by atoms with Crippen molar-refractivity contribution in [3.05, 3.63) is 0 Å². The van der Waals surface area contributed by atoms with Crippen LogP contribution in [0.5, 0.6) is 0 Å². The van der Waals surface area contributed by atoms with Crippen LogP contribution in [0.1, 0.15) is 20.3 Å². The van der Waals surface area contributed by atoms with E-state index >= 15 is 0 Å². The molecule has 1 heterocycles. The van der Waals surface area contributed by atoms with Crippen LogP contribution in [-0.4, -0.2) is 59.9 Å². The van der Waals surface area contributed by atoms with Crippen molar-refractivity contribution in [1.29, 1.82) is 0 Å². The van der Waals surface area contributed by atoms with Gasteiger partial charge < -0.3 is 20.6 Å². The molecule has 118 valence electrons. The second-order valence-corrected chi connectivity index (χ2v) is 5.48. The number of carboxylic acids is 1. The number of aliphatic carboxylic acids is 1. The van der Waals surface area contributed by atoms with Gasteiger partial charge in [0, 0.05) is 19.5 Å². The van der Waals surface area contributed by atoms with Crippen molar-refractivity contribution in [2.24, 2.45) is 11.8 Å². The van der Waals surface area contributed by atoms with Crippen molar-refractivity contribution in [1.82, 2.24) is 15.5 Å². The summed E-state index contributed by atoms with van der Waals surface area (Å²) in [5.41, 5.74) is 0. The minimum Gasteiger partial charge on any atom is -0.480 e. The van der Waals surface area contributed by atoms with Gasteiger partial charge in [-0.1, -0.05) is 13.8 Å². The summed E-state index contributed by atoms with van der Waals surface area (Å²) in [6, 6.07) is 0. The first kappa shape index (κ1) is 16.9. The fraction of sp³-hybridized carbons (Fsp3) is 0.692. The van der Waals surface area contributed by atoms with Gasteiger partial charge in [0.25, 0.3) is 0 Å².